The van der Waals surface area contributed by atoms with Crippen molar-refractivity contribution in [3.05, 3.63) is 96.3 Å². The number of nitrogens with zero attached hydrogens (tertiary/aromatic N) is 4. The van der Waals surface area contributed by atoms with Crippen molar-refractivity contribution in [3.63, 3.8) is 0 Å². The van der Waals surface area contributed by atoms with Gasteiger partial charge in [0.2, 0.25) is 0 Å². The van der Waals surface area contributed by atoms with E-state index in [-0.39, 0.29) is 5.91 Å². The second-order valence-corrected chi connectivity index (χ2v) is 7.99. The van der Waals surface area contributed by atoms with Gasteiger partial charge in [0.15, 0.2) is 5.13 Å². The molecule has 0 bridgehead atoms. The van der Waals surface area contributed by atoms with E-state index in [4.69, 9.17) is 9.84 Å². The molecule has 0 aliphatic heterocycles. The molecule has 5 rings (SSSR count). The number of pyridine rings is 1. The number of carbonyl (C=O) groups excluding carboxylic acids is 1. The lowest BCUT2D eigenvalue weighted by Crippen LogP contribution is -2.12. The summed E-state index contributed by atoms with van der Waals surface area (Å²) in [5.74, 6) is 0.452. The van der Waals surface area contributed by atoms with Gasteiger partial charge < -0.3 is 4.74 Å². The van der Waals surface area contributed by atoms with Crippen molar-refractivity contribution in [2.45, 2.75) is 0 Å². The Bertz CT molecular complexity index is 1380. The number of nitrogens with one attached hydrogen (secondary N) is 1. The molecule has 0 spiro atoms. The number of benzene rings is 2. The van der Waals surface area contributed by atoms with Crippen LogP contribution in [-0.4, -0.2) is 32.8 Å². The number of carbonyl (C=O) groups is 1. The maximum absolute atomic E-state index is 13.3. The summed E-state index contributed by atoms with van der Waals surface area (Å²) in [5.41, 5.74) is 4.35. The Kier molecular flexibility index (Phi) is 5.65. The Morgan fingerprint density at radius 1 is 1.00 bits per heavy atom. The molecule has 5 aromatic rings. The fraction of sp³-hybridized carbons (Fsp3) is 0.0400. The smallest absolute Gasteiger partial charge is 0.261 e. The largest absolute Gasteiger partial charge is 0.497 e. The average molecular weight is 454 g/mol. The summed E-state index contributed by atoms with van der Waals surface area (Å²) in [5, 5.41) is 10.0. The third-order valence-corrected chi connectivity index (χ3v) is 5.78. The summed E-state index contributed by atoms with van der Waals surface area (Å²) in [6, 6.07) is 20.9. The van der Waals surface area contributed by atoms with E-state index in [0.717, 1.165) is 28.3 Å². The van der Waals surface area contributed by atoms with Crippen LogP contribution in [-0.2, 0) is 0 Å². The molecule has 3 aromatic heterocycles. The normalized spacial score (nSPS) is 10.7. The lowest BCUT2D eigenvalue weighted by molar-refractivity contribution is 0.102. The zero-order chi connectivity index (χ0) is 22.6. The number of hydrogen-bond acceptors (Lipinski definition) is 6. The number of aromatic nitrogens is 4. The van der Waals surface area contributed by atoms with Crippen LogP contribution in [0.4, 0.5) is 5.13 Å². The Morgan fingerprint density at radius 3 is 2.55 bits per heavy atom. The summed E-state index contributed by atoms with van der Waals surface area (Å²) >= 11 is 1.36. The third-order valence-electron chi connectivity index (χ3n) is 5.03. The predicted molar refractivity (Wildman–Crippen MR) is 129 cm³/mol. The summed E-state index contributed by atoms with van der Waals surface area (Å²) in [6.07, 6.45) is 5.19. The number of rotatable bonds is 6. The van der Waals surface area contributed by atoms with E-state index < -0.39 is 0 Å². The molecule has 0 atom stereocenters. The van der Waals surface area contributed by atoms with Crippen LogP contribution in [0.25, 0.3) is 28.2 Å². The Balaban J connectivity index is 1.48. The van der Waals surface area contributed by atoms with Crippen LogP contribution in [0.1, 0.15) is 10.4 Å². The van der Waals surface area contributed by atoms with Gasteiger partial charge in [-0.25, -0.2) is 9.67 Å². The first-order valence-corrected chi connectivity index (χ1v) is 11.1. The number of para-hydroxylation sites is 1. The minimum atomic E-state index is -0.282. The molecule has 1 amide bonds. The van der Waals surface area contributed by atoms with Gasteiger partial charge in [-0.15, -0.1) is 11.3 Å². The molecule has 0 radical (unpaired) electrons. The minimum Gasteiger partial charge on any atom is -0.497 e. The fourth-order valence-electron chi connectivity index (χ4n) is 3.36. The van der Waals surface area contributed by atoms with E-state index in [2.05, 4.69) is 15.3 Å². The van der Waals surface area contributed by atoms with Crippen LogP contribution >= 0.6 is 11.3 Å². The zero-order valence-electron chi connectivity index (χ0n) is 17.7. The number of ether oxygens (including phenoxy) is 1. The first-order valence-electron chi connectivity index (χ1n) is 10.2. The van der Waals surface area contributed by atoms with Crippen molar-refractivity contribution < 1.29 is 9.53 Å². The third kappa shape index (κ3) is 4.37. The van der Waals surface area contributed by atoms with Gasteiger partial charge in [-0.1, -0.05) is 18.2 Å². The lowest BCUT2D eigenvalue weighted by Gasteiger charge is -2.04. The molecule has 7 nitrogen and oxygen atoms in total. The number of anilines is 1. The molecule has 8 heteroatoms. The zero-order valence-corrected chi connectivity index (χ0v) is 18.5. The van der Waals surface area contributed by atoms with E-state index in [0.29, 0.717) is 16.4 Å². The molecule has 0 aliphatic carbocycles. The molecule has 3 heterocycles. The Hall–Kier alpha value is -4.30. The van der Waals surface area contributed by atoms with Crippen LogP contribution in [0.3, 0.4) is 0 Å². The molecule has 0 saturated carbocycles. The van der Waals surface area contributed by atoms with Crippen LogP contribution in [0, 0.1) is 0 Å². The molecule has 0 saturated heterocycles. The first-order chi connectivity index (χ1) is 16.2. The minimum absolute atomic E-state index is 0.282. The predicted octanol–water partition coefficient (Wildman–Crippen LogP) is 5.32. The van der Waals surface area contributed by atoms with Gasteiger partial charge in [-0.05, 0) is 48.5 Å². The van der Waals surface area contributed by atoms with Gasteiger partial charge >= 0.3 is 0 Å². The SMILES string of the molecule is COc1ccc(-c2nn(-c3ccccc3)cc2C(=O)Nc2nc(-c3cccnc3)cs2)cc1. The highest BCUT2D eigenvalue weighted by Gasteiger charge is 2.20. The highest BCUT2D eigenvalue weighted by molar-refractivity contribution is 7.14. The van der Waals surface area contributed by atoms with Gasteiger partial charge in [-0.3, -0.25) is 15.1 Å². The molecular formula is C25H19N5O2S. The maximum atomic E-state index is 13.3. The van der Waals surface area contributed by atoms with Crippen molar-refractivity contribution in [3.8, 4) is 34.0 Å². The average Bonchev–Trinajstić information content (AvgIpc) is 3.53. The molecular weight excluding hydrogens is 434 g/mol. The van der Waals surface area contributed by atoms with E-state index in [1.807, 2.05) is 72.1 Å². The first kappa shape index (κ1) is 20.6. The van der Waals surface area contributed by atoms with Gasteiger partial charge in [-0.2, -0.15) is 5.10 Å². The molecule has 0 fully saturated rings. The van der Waals surface area contributed by atoms with Crippen LogP contribution < -0.4 is 10.1 Å². The van der Waals surface area contributed by atoms with Crippen LogP contribution in [0.5, 0.6) is 5.75 Å². The van der Waals surface area contributed by atoms with Crippen molar-refractivity contribution in [1.82, 2.24) is 19.7 Å². The number of hydrogen-bond donors (Lipinski definition) is 1. The number of amides is 1. The summed E-state index contributed by atoms with van der Waals surface area (Å²) in [7, 11) is 1.62. The summed E-state index contributed by atoms with van der Waals surface area (Å²) in [6.45, 7) is 0. The highest BCUT2D eigenvalue weighted by Crippen LogP contribution is 2.28. The van der Waals surface area contributed by atoms with Gasteiger partial charge in [0.1, 0.15) is 11.4 Å². The van der Waals surface area contributed by atoms with Crippen molar-refractivity contribution in [2.75, 3.05) is 12.4 Å². The summed E-state index contributed by atoms with van der Waals surface area (Å²) in [4.78, 5) is 22.0. The number of thiazole rings is 1. The Labute approximate surface area is 194 Å². The highest BCUT2D eigenvalue weighted by atomic mass is 32.1. The summed E-state index contributed by atoms with van der Waals surface area (Å²) < 4.78 is 6.96. The van der Waals surface area contributed by atoms with E-state index in [1.54, 1.807) is 30.4 Å². The fourth-order valence-corrected chi connectivity index (χ4v) is 4.07. The molecule has 33 heavy (non-hydrogen) atoms. The van der Waals surface area contributed by atoms with Crippen LogP contribution in [0.2, 0.25) is 0 Å². The second-order valence-electron chi connectivity index (χ2n) is 7.13. The monoisotopic (exact) mass is 453 g/mol. The molecule has 2 aromatic carbocycles. The van der Waals surface area contributed by atoms with Crippen molar-refractivity contribution >= 4 is 22.4 Å². The van der Waals surface area contributed by atoms with Gasteiger partial charge in [0.05, 0.1) is 24.1 Å². The van der Waals surface area contributed by atoms with E-state index in [1.165, 1.54) is 11.3 Å². The van der Waals surface area contributed by atoms with Crippen molar-refractivity contribution in [1.29, 1.82) is 0 Å². The standard InChI is InChI=1S/C25H19N5O2S/c1-32-20-11-9-17(10-12-20)23-21(15-30(29-23)19-7-3-2-4-8-19)24(31)28-25-27-22(16-33-25)18-6-5-13-26-14-18/h2-16H,1H3,(H,27,28,31). The second kappa shape index (κ2) is 9.05. The van der Waals surface area contributed by atoms with E-state index in [9.17, 15) is 4.79 Å². The molecule has 0 aliphatic rings. The topological polar surface area (TPSA) is 81.9 Å². The van der Waals surface area contributed by atoms with Crippen LogP contribution in [0.15, 0.2) is 90.7 Å². The lowest BCUT2D eigenvalue weighted by atomic mass is 10.1. The molecule has 1 N–H and O–H groups in total. The number of methoxy groups -OCH3 is 1. The molecule has 0 unspecified atom stereocenters. The Morgan fingerprint density at radius 2 is 1.82 bits per heavy atom. The van der Waals surface area contributed by atoms with Crippen molar-refractivity contribution in [2.24, 2.45) is 0 Å². The van der Waals surface area contributed by atoms with Gasteiger partial charge in [0, 0.05) is 35.1 Å². The quantitative estimate of drug-likeness (QED) is 0.376. The van der Waals surface area contributed by atoms with E-state index >= 15 is 0 Å². The van der Waals surface area contributed by atoms with Gasteiger partial charge in [0.25, 0.3) is 5.91 Å². The maximum Gasteiger partial charge on any atom is 0.261 e. The molecule has 162 valence electrons.